The summed E-state index contributed by atoms with van der Waals surface area (Å²) >= 11 is 0. The molecule has 2 heterocycles. The minimum atomic E-state index is -0.876. The maximum Gasteiger partial charge on any atom is 0.312 e. The largest absolute Gasteiger partial charge is 0.481 e. The molecule has 2 aromatic rings. The average molecular weight is 313 g/mol. The Morgan fingerprint density at radius 3 is 2.83 bits per heavy atom. The number of carbonyl (C=O) groups is 2. The Morgan fingerprint density at radius 2 is 2.09 bits per heavy atom. The zero-order valence-electron chi connectivity index (χ0n) is 12.4. The first kappa shape index (κ1) is 14.8. The molecule has 1 aliphatic heterocycles. The molecular formula is C16H15N3O4. The van der Waals surface area contributed by atoms with Crippen LogP contribution in [0.1, 0.15) is 22.0 Å². The Kier molecular flexibility index (Phi) is 3.84. The molecule has 1 aliphatic rings. The number of nitrogens with zero attached hydrogens (tertiary/aromatic N) is 1. The molecular weight excluding hydrogens is 298 g/mol. The van der Waals surface area contributed by atoms with Crippen molar-refractivity contribution in [2.45, 2.75) is 5.92 Å². The van der Waals surface area contributed by atoms with E-state index in [9.17, 15) is 14.7 Å². The van der Waals surface area contributed by atoms with E-state index >= 15 is 0 Å². The van der Waals surface area contributed by atoms with Gasteiger partial charge in [-0.25, -0.2) is 0 Å². The van der Waals surface area contributed by atoms with Crippen LogP contribution in [0.5, 0.6) is 11.5 Å². The van der Waals surface area contributed by atoms with Gasteiger partial charge in [-0.15, -0.1) is 0 Å². The number of anilines is 1. The molecule has 0 fully saturated rings. The summed E-state index contributed by atoms with van der Waals surface area (Å²) in [6.07, 6.45) is 1.48. The molecule has 7 heteroatoms. The number of carboxylic acid groups (broad SMARTS) is 1. The van der Waals surface area contributed by atoms with Crippen LogP contribution in [-0.4, -0.2) is 35.6 Å². The van der Waals surface area contributed by atoms with Crippen molar-refractivity contribution in [1.29, 1.82) is 0 Å². The predicted molar refractivity (Wildman–Crippen MR) is 83.0 cm³/mol. The molecule has 0 spiro atoms. The summed E-state index contributed by atoms with van der Waals surface area (Å²) in [7, 11) is 1.52. The number of carboxylic acids is 1. The number of benzene rings is 1. The number of pyridine rings is 1. The number of ether oxygens (including phenoxy) is 1. The highest BCUT2D eigenvalue weighted by molar-refractivity contribution is 5.92. The molecule has 1 atom stereocenters. The topological polar surface area (TPSA) is 101 Å². The summed E-state index contributed by atoms with van der Waals surface area (Å²) < 4.78 is 5.73. The van der Waals surface area contributed by atoms with Crippen LogP contribution >= 0.6 is 0 Å². The molecule has 23 heavy (non-hydrogen) atoms. The van der Waals surface area contributed by atoms with Crippen molar-refractivity contribution >= 4 is 17.6 Å². The van der Waals surface area contributed by atoms with E-state index in [-0.39, 0.29) is 11.6 Å². The molecule has 1 aromatic carbocycles. The first-order chi connectivity index (χ1) is 11.1. The van der Waals surface area contributed by atoms with E-state index in [4.69, 9.17) is 4.74 Å². The third kappa shape index (κ3) is 2.94. The average Bonchev–Trinajstić information content (AvgIpc) is 2.97. The second kappa shape index (κ2) is 5.96. The molecule has 0 radical (unpaired) electrons. The van der Waals surface area contributed by atoms with E-state index < -0.39 is 11.9 Å². The fourth-order valence-corrected chi connectivity index (χ4v) is 2.46. The van der Waals surface area contributed by atoms with Gasteiger partial charge in [0.25, 0.3) is 5.91 Å². The summed E-state index contributed by atoms with van der Waals surface area (Å²) in [5, 5.41) is 14.8. The number of carbonyl (C=O) groups excluding carboxylic acids is 1. The van der Waals surface area contributed by atoms with Crippen LogP contribution in [0.3, 0.4) is 0 Å². The summed E-state index contributed by atoms with van der Waals surface area (Å²) in [5.41, 5.74) is 1.73. The Bertz CT molecular complexity index is 776. The second-order valence-corrected chi connectivity index (χ2v) is 5.08. The van der Waals surface area contributed by atoms with Crippen LogP contribution in [0.25, 0.3) is 0 Å². The van der Waals surface area contributed by atoms with Crippen molar-refractivity contribution < 1.29 is 19.4 Å². The first-order valence-electron chi connectivity index (χ1n) is 7.05. The van der Waals surface area contributed by atoms with E-state index in [2.05, 4.69) is 15.6 Å². The lowest BCUT2D eigenvalue weighted by molar-refractivity contribution is -0.138. The monoisotopic (exact) mass is 313 g/mol. The van der Waals surface area contributed by atoms with Gasteiger partial charge in [0.1, 0.15) is 23.1 Å². The van der Waals surface area contributed by atoms with Crippen molar-refractivity contribution in [3.8, 4) is 11.5 Å². The molecule has 0 aliphatic carbocycles. The third-order valence-corrected chi connectivity index (χ3v) is 3.62. The van der Waals surface area contributed by atoms with Crippen molar-refractivity contribution in [3.63, 3.8) is 0 Å². The Labute approximate surface area is 132 Å². The maximum atomic E-state index is 11.6. The Balaban J connectivity index is 1.86. The van der Waals surface area contributed by atoms with Crippen molar-refractivity contribution in [1.82, 2.24) is 10.3 Å². The minimum absolute atomic E-state index is 0.247. The molecule has 0 saturated heterocycles. The van der Waals surface area contributed by atoms with Crippen LogP contribution in [0.4, 0.5) is 5.69 Å². The van der Waals surface area contributed by atoms with Crippen molar-refractivity contribution in [2.24, 2.45) is 0 Å². The van der Waals surface area contributed by atoms with Gasteiger partial charge >= 0.3 is 5.97 Å². The number of nitrogens with one attached hydrogen (secondary N) is 2. The van der Waals surface area contributed by atoms with Crippen LogP contribution in [-0.2, 0) is 4.79 Å². The number of rotatable bonds is 4. The Hall–Kier alpha value is -3.09. The zero-order valence-corrected chi connectivity index (χ0v) is 12.4. The fourth-order valence-electron chi connectivity index (χ4n) is 2.46. The molecule has 0 saturated carbocycles. The van der Waals surface area contributed by atoms with E-state index in [1.54, 1.807) is 24.3 Å². The van der Waals surface area contributed by atoms with E-state index in [1.165, 1.54) is 19.3 Å². The number of hydrogen-bond acceptors (Lipinski definition) is 5. The first-order valence-corrected chi connectivity index (χ1v) is 7.05. The normalized spacial score (nSPS) is 15.4. The third-order valence-electron chi connectivity index (χ3n) is 3.62. The van der Waals surface area contributed by atoms with Crippen molar-refractivity contribution in [3.05, 3.63) is 47.8 Å². The molecule has 1 amide bonds. The SMILES string of the molecule is CNC(=O)c1cc(Oc2ccc3c(c2)C(C(=O)O)CN3)ccn1. The van der Waals surface area contributed by atoms with Crippen LogP contribution in [0.15, 0.2) is 36.5 Å². The summed E-state index contributed by atoms with van der Waals surface area (Å²) in [6.45, 7) is 0.365. The smallest absolute Gasteiger partial charge is 0.312 e. The molecule has 3 N–H and O–H groups in total. The van der Waals surface area contributed by atoms with Gasteiger partial charge in [0, 0.05) is 31.5 Å². The zero-order chi connectivity index (χ0) is 16.4. The number of aliphatic carboxylic acids is 1. The van der Waals surface area contributed by atoms with Gasteiger partial charge in [-0.3, -0.25) is 14.6 Å². The molecule has 7 nitrogen and oxygen atoms in total. The number of amides is 1. The predicted octanol–water partition coefficient (Wildman–Crippen LogP) is 1.83. The van der Waals surface area contributed by atoms with Gasteiger partial charge in [0.2, 0.25) is 0 Å². The highest BCUT2D eigenvalue weighted by Gasteiger charge is 2.28. The van der Waals surface area contributed by atoms with Gasteiger partial charge in [0.05, 0.1) is 0 Å². The number of hydrogen-bond donors (Lipinski definition) is 3. The lowest BCUT2D eigenvalue weighted by Gasteiger charge is -2.10. The van der Waals surface area contributed by atoms with Crippen LogP contribution < -0.4 is 15.4 Å². The van der Waals surface area contributed by atoms with Gasteiger partial charge in [-0.1, -0.05) is 0 Å². The fraction of sp³-hybridized carbons (Fsp3) is 0.188. The Morgan fingerprint density at radius 1 is 1.30 bits per heavy atom. The number of fused-ring (bicyclic) bond motifs is 1. The van der Waals surface area contributed by atoms with E-state index in [0.29, 0.717) is 23.6 Å². The lowest BCUT2D eigenvalue weighted by atomic mass is 10.0. The lowest BCUT2D eigenvalue weighted by Crippen LogP contribution is -2.18. The number of aromatic nitrogens is 1. The van der Waals surface area contributed by atoms with E-state index in [0.717, 1.165) is 5.69 Å². The highest BCUT2D eigenvalue weighted by atomic mass is 16.5. The van der Waals surface area contributed by atoms with Crippen LogP contribution in [0, 0.1) is 0 Å². The van der Waals surface area contributed by atoms with Crippen molar-refractivity contribution in [2.75, 3.05) is 18.9 Å². The maximum absolute atomic E-state index is 11.6. The van der Waals surface area contributed by atoms with Gasteiger partial charge < -0.3 is 20.5 Å². The quantitative estimate of drug-likeness (QED) is 0.796. The van der Waals surface area contributed by atoms with Gasteiger partial charge in [-0.05, 0) is 29.8 Å². The molecule has 1 unspecified atom stereocenters. The highest BCUT2D eigenvalue weighted by Crippen LogP contribution is 2.35. The van der Waals surface area contributed by atoms with E-state index in [1.807, 2.05) is 0 Å². The van der Waals surface area contributed by atoms with Gasteiger partial charge in [-0.2, -0.15) is 0 Å². The van der Waals surface area contributed by atoms with Crippen LogP contribution in [0.2, 0.25) is 0 Å². The minimum Gasteiger partial charge on any atom is -0.481 e. The molecule has 0 bridgehead atoms. The molecule has 118 valence electrons. The summed E-state index contributed by atoms with van der Waals surface area (Å²) in [6, 6.07) is 8.39. The summed E-state index contributed by atoms with van der Waals surface area (Å²) in [5.74, 6) is -0.810. The standard InChI is InChI=1S/C16H15N3O4/c1-17-15(20)14-7-10(4-5-18-14)23-9-2-3-13-11(6-9)12(8-19-13)16(21)22/h2-7,12,19H,8H2,1H3,(H,17,20)(H,21,22). The van der Waals surface area contributed by atoms with Gasteiger partial charge in [0.15, 0.2) is 0 Å². The second-order valence-electron chi connectivity index (χ2n) is 5.08. The summed E-state index contributed by atoms with van der Waals surface area (Å²) in [4.78, 5) is 26.8. The molecule has 3 rings (SSSR count). The molecule has 1 aromatic heterocycles.